The molecule has 0 aliphatic carbocycles. The molecular weight excluding hydrogens is 186 g/mol. The van der Waals surface area contributed by atoms with Gasteiger partial charge in [-0.25, -0.2) is 4.21 Å². The Balaban J connectivity index is 3.06. The standard InChI is InChI=1S/C9H13NO2S/c1-6-4-9(10-13(11)12)5-7(2)8(6)3/h4-5,10H,1-3H3,(H,11,12). The summed E-state index contributed by atoms with van der Waals surface area (Å²) >= 11 is -1.99. The Hall–Kier alpha value is -0.870. The van der Waals surface area contributed by atoms with Crippen molar-refractivity contribution < 1.29 is 8.76 Å². The molecule has 0 aromatic heterocycles. The van der Waals surface area contributed by atoms with E-state index in [0.717, 1.165) is 11.1 Å². The fourth-order valence-corrected chi connectivity index (χ4v) is 1.51. The van der Waals surface area contributed by atoms with Crippen LogP contribution in [-0.4, -0.2) is 8.76 Å². The molecule has 0 saturated carbocycles. The average molecular weight is 199 g/mol. The predicted octanol–water partition coefficient (Wildman–Crippen LogP) is 2.16. The highest BCUT2D eigenvalue weighted by molar-refractivity contribution is 7.80. The summed E-state index contributed by atoms with van der Waals surface area (Å²) in [5.41, 5.74) is 4.14. The molecule has 2 N–H and O–H groups in total. The van der Waals surface area contributed by atoms with E-state index in [0.29, 0.717) is 5.69 Å². The average Bonchev–Trinajstić information content (AvgIpc) is 1.98. The quantitative estimate of drug-likeness (QED) is 0.717. The minimum absolute atomic E-state index is 0.682. The van der Waals surface area contributed by atoms with Gasteiger partial charge in [0.15, 0.2) is 0 Å². The van der Waals surface area contributed by atoms with Gasteiger partial charge >= 0.3 is 0 Å². The van der Waals surface area contributed by atoms with Crippen LogP contribution in [0.2, 0.25) is 0 Å². The molecule has 0 saturated heterocycles. The zero-order chi connectivity index (χ0) is 10.0. The highest BCUT2D eigenvalue weighted by Gasteiger charge is 2.01. The molecule has 0 bridgehead atoms. The van der Waals surface area contributed by atoms with Crippen LogP contribution in [0.3, 0.4) is 0 Å². The second-order valence-corrected chi connectivity index (χ2v) is 3.79. The third-order valence-electron chi connectivity index (χ3n) is 2.13. The summed E-state index contributed by atoms with van der Waals surface area (Å²) in [6.07, 6.45) is 0. The number of nitrogens with one attached hydrogen (secondary N) is 1. The molecule has 0 heterocycles. The Kier molecular flexibility index (Phi) is 3.06. The largest absolute Gasteiger partial charge is 0.289 e. The van der Waals surface area contributed by atoms with Gasteiger partial charge in [0.25, 0.3) is 11.3 Å². The Morgan fingerprint density at radius 1 is 1.23 bits per heavy atom. The molecule has 4 heteroatoms. The summed E-state index contributed by atoms with van der Waals surface area (Å²) in [5.74, 6) is 0. The van der Waals surface area contributed by atoms with Gasteiger partial charge < -0.3 is 0 Å². The number of benzene rings is 1. The van der Waals surface area contributed by atoms with E-state index in [9.17, 15) is 4.21 Å². The van der Waals surface area contributed by atoms with Gasteiger partial charge in [0.1, 0.15) is 0 Å². The molecule has 0 fully saturated rings. The van der Waals surface area contributed by atoms with Crippen molar-refractivity contribution in [3.05, 3.63) is 28.8 Å². The number of hydrogen-bond donors (Lipinski definition) is 2. The van der Waals surface area contributed by atoms with Crippen molar-refractivity contribution in [3.63, 3.8) is 0 Å². The normalized spacial score (nSPS) is 12.6. The van der Waals surface area contributed by atoms with Crippen LogP contribution >= 0.6 is 0 Å². The van der Waals surface area contributed by atoms with E-state index in [2.05, 4.69) is 4.72 Å². The van der Waals surface area contributed by atoms with Crippen molar-refractivity contribution in [2.24, 2.45) is 0 Å². The molecule has 13 heavy (non-hydrogen) atoms. The van der Waals surface area contributed by atoms with E-state index in [-0.39, 0.29) is 0 Å². The third kappa shape index (κ3) is 2.54. The molecule has 1 atom stereocenters. The minimum atomic E-state index is -1.99. The van der Waals surface area contributed by atoms with E-state index in [4.69, 9.17) is 4.55 Å². The Bertz CT molecular complexity index is 326. The summed E-state index contributed by atoms with van der Waals surface area (Å²) in [5, 5.41) is 0. The highest BCUT2D eigenvalue weighted by Crippen LogP contribution is 2.18. The Morgan fingerprint density at radius 2 is 1.69 bits per heavy atom. The summed E-state index contributed by atoms with van der Waals surface area (Å²) in [6, 6.07) is 3.72. The molecule has 1 unspecified atom stereocenters. The Morgan fingerprint density at radius 3 is 2.08 bits per heavy atom. The Labute approximate surface area is 80.6 Å². The maximum Gasteiger partial charge on any atom is 0.259 e. The lowest BCUT2D eigenvalue weighted by molar-refractivity contribution is 0.570. The zero-order valence-electron chi connectivity index (χ0n) is 7.92. The summed E-state index contributed by atoms with van der Waals surface area (Å²) in [4.78, 5) is 0. The van der Waals surface area contributed by atoms with Crippen LogP contribution in [0.5, 0.6) is 0 Å². The van der Waals surface area contributed by atoms with Crippen molar-refractivity contribution >= 4 is 17.0 Å². The van der Waals surface area contributed by atoms with Crippen molar-refractivity contribution in [3.8, 4) is 0 Å². The number of hydrogen-bond acceptors (Lipinski definition) is 1. The predicted molar refractivity (Wildman–Crippen MR) is 55.0 cm³/mol. The molecule has 1 rings (SSSR count). The fourth-order valence-electron chi connectivity index (χ4n) is 1.20. The van der Waals surface area contributed by atoms with Gasteiger partial charge in [0.2, 0.25) is 0 Å². The maximum absolute atomic E-state index is 10.5. The zero-order valence-corrected chi connectivity index (χ0v) is 8.73. The van der Waals surface area contributed by atoms with Crippen LogP contribution in [0.25, 0.3) is 0 Å². The van der Waals surface area contributed by atoms with Crippen molar-refractivity contribution in [2.45, 2.75) is 20.8 Å². The molecule has 0 radical (unpaired) electrons. The van der Waals surface area contributed by atoms with Crippen LogP contribution in [0.15, 0.2) is 12.1 Å². The van der Waals surface area contributed by atoms with Crippen molar-refractivity contribution in [1.82, 2.24) is 0 Å². The van der Waals surface area contributed by atoms with Crippen LogP contribution in [0.1, 0.15) is 16.7 Å². The molecule has 0 aliphatic heterocycles. The van der Waals surface area contributed by atoms with Gasteiger partial charge in [-0.05, 0) is 49.6 Å². The lowest BCUT2D eigenvalue weighted by Crippen LogP contribution is -2.02. The first kappa shape index (κ1) is 10.2. The minimum Gasteiger partial charge on any atom is -0.289 e. The highest BCUT2D eigenvalue weighted by atomic mass is 32.2. The molecule has 72 valence electrons. The van der Waals surface area contributed by atoms with Crippen LogP contribution in [0, 0.1) is 20.8 Å². The first-order valence-electron chi connectivity index (χ1n) is 3.96. The molecule has 3 nitrogen and oxygen atoms in total. The second-order valence-electron chi connectivity index (χ2n) is 3.09. The first-order chi connectivity index (χ1) is 6.00. The first-order valence-corrected chi connectivity index (χ1v) is 5.06. The molecule has 1 aromatic rings. The monoisotopic (exact) mass is 199 g/mol. The molecular formula is C9H13NO2S. The topological polar surface area (TPSA) is 49.3 Å². The van der Waals surface area contributed by atoms with E-state index < -0.39 is 11.3 Å². The lowest BCUT2D eigenvalue weighted by atomic mass is 10.0. The van der Waals surface area contributed by atoms with E-state index in [1.807, 2.05) is 32.9 Å². The number of anilines is 1. The fraction of sp³-hybridized carbons (Fsp3) is 0.333. The summed E-state index contributed by atoms with van der Waals surface area (Å²) in [7, 11) is 0. The van der Waals surface area contributed by atoms with Gasteiger partial charge in [0.05, 0.1) is 0 Å². The number of aryl methyl sites for hydroxylation is 2. The van der Waals surface area contributed by atoms with Gasteiger partial charge in [-0.1, -0.05) is 0 Å². The third-order valence-corrected chi connectivity index (χ3v) is 2.54. The molecule has 1 aromatic carbocycles. The van der Waals surface area contributed by atoms with Gasteiger partial charge in [0, 0.05) is 5.69 Å². The van der Waals surface area contributed by atoms with E-state index in [1.54, 1.807) is 0 Å². The van der Waals surface area contributed by atoms with E-state index in [1.165, 1.54) is 5.56 Å². The molecule has 0 aliphatic rings. The SMILES string of the molecule is Cc1cc(NS(=O)O)cc(C)c1C. The smallest absolute Gasteiger partial charge is 0.259 e. The molecule has 0 amide bonds. The van der Waals surface area contributed by atoms with Gasteiger partial charge in [-0.2, -0.15) is 0 Å². The van der Waals surface area contributed by atoms with E-state index >= 15 is 0 Å². The van der Waals surface area contributed by atoms with Gasteiger partial charge in [-0.3, -0.25) is 9.27 Å². The summed E-state index contributed by atoms with van der Waals surface area (Å²) in [6.45, 7) is 5.99. The van der Waals surface area contributed by atoms with Crippen LogP contribution in [0.4, 0.5) is 5.69 Å². The summed E-state index contributed by atoms with van der Waals surface area (Å²) < 4.78 is 21.5. The van der Waals surface area contributed by atoms with Crippen molar-refractivity contribution in [1.29, 1.82) is 0 Å². The lowest BCUT2D eigenvalue weighted by Gasteiger charge is -2.08. The molecule has 0 spiro atoms. The number of rotatable bonds is 2. The van der Waals surface area contributed by atoms with Crippen LogP contribution in [-0.2, 0) is 11.3 Å². The van der Waals surface area contributed by atoms with Crippen LogP contribution < -0.4 is 4.72 Å². The maximum atomic E-state index is 10.5. The van der Waals surface area contributed by atoms with Crippen molar-refractivity contribution in [2.75, 3.05) is 4.72 Å². The second kappa shape index (κ2) is 3.89. The van der Waals surface area contributed by atoms with Gasteiger partial charge in [-0.15, -0.1) is 0 Å².